The van der Waals surface area contributed by atoms with Crippen molar-refractivity contribution in [2.45, 2.75) is 55.8 Å². The first-order chi connectivity index (χ1) is 6.72. The summed E-state index contributed by atoms with van der Waals surface area (Å²) in [7, 11) is -1.74. The Kier molecular flexibility index (Phi) is 1.17. The third-order valence-electron chi connectivity index (χ3n) is 6.98. The van der Waals surface area contributed by atoms with Crippen LogP contribution >= 0.6 is 0 Å². The van der Waals surface area contributed by atoms with Crippen LogP contribution in [-0.2, 0) is 0 Å². The molecule has 5 aliphatic carbocycles. The van der Waals surface area contributed by atoms with Crippen molar-refractivity contribution in [3.05, 3.63) is 0 Å². The predicted molar refractivity (Wildman–Crippen MR) is 70.7 cm³/mol. The predicted octanol–water partition coefficient (Wildman–Crippen LogP) is 4.05. The molecule has 0 nitrogen and oxygen atoms in total. The fraction of sp³-hybridized carbons (Fsp3) is 1.00. The van der Waals surface area contributed by atoms with Crippen LogP contribution in [0.3, 0.4) is 0 Å². The Bertz CT molecular complexity index is 327. The van der Waals surface area contributed by atoms with Crippen LogP contribution in [0.2, 0.25) is 49.4 Å². The highest BCUT2D eigenvalue weighted by molar-refractivity contribution is 6.85. The van der Waals surface area contributed by atoms with Crippen LogP contribution in [0.15, 0.2) is 0 Å². The zero-order valence-corrected chi connectivity index (χ0v) is 13.0. The summed E-state index contributed by atoms with van der Waals surface area (Å²) in [5, 5.41) is 1.97. The van der Waals surface area contributed by atoms with Crippen LogP contribution in [0.5, 0.6) is 0 Å². The second-order valence-corrected chi connectivity index (χ2v) is 19.5. The van der Waals surface area contributed by atoms with Crippen molar-refractivity contribution in [3.8, 4) is 0 Å². The van der Waals surface area contributed by atoms with E-state index in [0.29, 0.717) is 0 Å². The molecule has 0 aromatic rings. The molecule has 0 amide bonds. The molecule has 2 bridgehead atoms. The standard InChI is InChI=1S/C13H24Si2/c1-14(2,3)12-8-7-9-11(12)13(9,10(8)12)15(4,5)6/h8-11H,7H2,1-6H3/t8-,9+,10?,11?,12?,13?. The Morgan fingerprint density at radius 1 is 0.733 bits per heavy atom. The molecule has 0 aromatic carbocycles. The quantitative estimate of drug-likeness (QED) is 0.635. The van der Waals surface area contributed by atoms with Gasteiger partial charge in [0.25, 0.3) is 0 Å². The Balaban J connectivity index is 1.79. The maximum absolute atomic E-state index is 2.65. The van der Waals surface area contributed by atoms with Gasteiger partial charge >= 0.3 is 0 Å². The van der Waals surface area contributed by atoms with E-state index in [0.717, 1.165) is 10.1 Å². The van der Waals surface area contributed by atoms with E-state index in [1.807, 2.05) is 0 Å². The lowest BCUT2D eigenvalue weighted by molar-refractivity contribution is 0.439. The van der Waals surface area contributed by atoms with E-state index >= 15 is 0 Å². The van der Waals surface area contributed by atoms with Crippen LogP contribution in [0.4, 0.5) is 0 Å². The van der Waals surface area contributed by atoms with Crippen molar-refractivity contribution in [1.82, 2.24) is 0 Å². The maximum Gasteiger partial charge on any atom is 0.0516 e. The summed E-state index contributed by atoms with van der Waals surface area (Å²) in [6.07, 6.45) is 1.66. The fourth-order valence-corrected chi connectivity index (χ4v) is 15.5. The molecule has 0 aliphatic heterocycles. The van der Waals surface area contributed by atoms with Gasteiger partial charge in [0.1, 0.15) is 0 Å². The van der Waals surface area contributed by atoms with E-state index in [9.17, 15) is 0 Å². The Hall–Kier alpha value is 0.434. The van der Waals surface area contributed by atoms with Gasteiger partial charge in [-0.2, -0.15) is 0 Å². The number of hydrogen-bond donors (Lipinski definition) is 0. The molecule has 2 heteroatoms. The van der Waals surface area contributed by atoms with Gasteiger partial charge in [0, 0.05) is 0 Å². The van der Waals surface area contributed by atoms with Gasteiger partial charge in [-0.3, -0.25) is 0 Å². The van der Waals surface area contributed by atoms with E-state index in [-0.39, 0.29) is 0 Å². The molecule has 0 saturated heterocycles. The zero-order chi connectivity index (χ0) is 11.0. The summed E-state index contributed by atoms with van der Waals surface area (Å²) in [5.41, 5.74) is 0. The largest absolute Gasteiger partial charge is 0.0691 e. The van der Waals surface area contributed by atoms with Crippen molar-refractivity contribution in [3.63, 3.8) is 0 Å². The van der Waals surface area contributed by atoms with E-state index < -0.39 is 16.1 Å². The van der Waals surface area contributed by atoms with Crippen LogP contribution in [0.25, 0.3) is 0 Å². The van der Waals surface area contributed by atoms with E-state index in [2.05, 4.69) is 39.3 Å². The number of hydrogen-bond acceptors (Lipinski definition) is 0. The van der Waals surface area contributed by atoms with Crippen molar-refractivity contribution in [2.24, 2.45) is 23.7 Å². The highest BCUT2D eigenvalue weighted by Crippen LogP contribution is 3.14. The summed E-state index contributed by atoms with van der Waals surface area (Å²) < 4.78 is 0. The van der Waals surface area contributed by atoms with Gasteiger partial charge in [0.2, 0.25) is 0 Å². The molecule has 0 spiro atoms. The first-order valence-electron chi connectivity index (χ1n) is 6.72. The highest BCUT2D eigenvalue weighted by Gasteiger charge is 3.06. The first-order valence-corrected chi connectivity index (χ1v) is 13.7. The van der Waals surface area contributed by atoms with Gasteiger partial charge in [0.15, 0.2) is 0 Å². The van der Waals surface area contributed by atoms with E-state index in [1.165, 1.54) is 23.7 Å². The molecular weight excluding hydrogens is 212 g/mol. The molecule has 5 rings (SSSR count). The molecule has 84 valence electrons. The molecule has 5 saturated carbocycles. The van der Waals surface area contributed by atoms with Gasteiger partial charge in [-0.15, -0.1) is 0 Å². The van der Waals surface area contributed by atoms with Gasteiger partial charge in [0.05, 0.1) is 16.1 Å². The monoisotopic (exact) mass is 236 g/mol. The van der Waals surface area contributed by atoms with Crippen LogP contribution in [0, 0.1) is 23.7 Å². The summed E-state index contributed by atoms with van der Waals surface area (Å²) in [6, 6.07) is 0. The van der Waals surface area contributed by atoms with Gasteiger partial charge in [-0.05, 0) is 40.2 Å². The second-order valence-electron chi connectivity index (χ2n) is 8.77. The van der Waals surface area contributed by atoms with Crippen LogP contribution < -0.4 is 0 Å². The van der Waals surface area contributed by atoms with Gasteiger partial charge in [-0.1, -0.05) is 39.3 Å². The lowest BCUT2D eigenvalue weighted by atomic mass is 9.98. The van der Waals surface area contributed by atoms with E-state index in [1.54, 1.807) is 6.42 Å². The van der Waals surface area contributed by atoms with Crippen molar-refractivity contribution in [1.29, 1.82) is 0 Å². The van der Waals surface area contributed by atoms with Crippen molar-refractivity contribution in [2.75, 3.05) is 0 Å². The van der Waals surface area contributed by atoms with Crippen LogP contribution in [0.1, 0.15) is 6.42 Å². The third-order valence-corrected chi connectivity index (χ3v) is 14.2. The average Bonchev–Trinajstić information content (AvgIpc) is 2.57. The smallest absolute Gasteiger partial charge is 0.0516 e. The number of rotatable bonds is 2. The second kappa shape index (κ2) is 1.86. The molecule has 5 aliphatic rings. The normalized spacial score (nSPS) is 63.6. The van der Waals surface area contributed by atoms with Crippen molar-refractivity contribution < 1.29 is 0 Å². The Labute approximate surface area is 95.9 Å². The summed E-state index contributed by atoms with van der Waals surface area (Å²) >= 11 is 0. The molecule has 5 fully saturated rings. The van der Waals surface area contributed by atoms with Gasteiger partial charge in [-0.25, -0.2) is 0 Å². The average molecular weight is 237 g/mol. The van der Waals surface area contributed by atoms with Crippen LogP contribution in [-0.4, -0.2) is 16.1 Å². The van der Waals surface area contributed by atoms with Gasteiger partial charge < -0.3 is 0 Å². The Morgan fingerprint density at radius 3 is 1.27 bits per heavy atom. The molecule has 0 heterocycles. The minimum absolute atomic E-state index is 0.870. The Morgan fingerprint density at radius 2 is 1.07 bits per heavy atom. The molecule has 15 heavy (non-hydrogen) atoms. The van der Waals surface area contributed by atoms with Crippen molar-refractivity contribution >= 4 is 16.1 Å². The zero-order valence-electron chi connectivity index (χ0n) is 11.0. The lowest BCUT2D eigenvalue weighted by Crippen LogP contribution is -2.47. The molecule has 0 radical (unpaired) electrons. The maximum atomic E-state index is 2.65. The fourth-order valence-electron chi connectivity index (χ4n) is 7.09. The molecule has 0 N–H and O–H groups in total. The third kappa shape index (κ3) is 0.572. The topological polar surface area (TPSA) is 0 Å². The molecule has 0 aromatic heterocycles. The molecular formula is C13H24Si2. The highest BCUT2D eigenvalue weighted by atomic mass is 28.3. The minimum atomic E-state index is -0.870. The minimum Gasteiger partial charge on any atom is -0.0691 e. The molecule has 6 atom stereocenters. The summed E-state index contributed by atoms with van der Waals surface area (Å²) in [6.45, 7) is 15.9. The SMILES string of the molecule is C[Si](C)(C)C12C3[C@H]1C[C@H]1C2C31[Si](C)(C)C. The van der Waals surface area contributed by atoms with E-state index in [4.69, 9.17) is 0 Å². The first kappa shape index (κ1) is 9.46. The summed E-state index contributed by atoms with van der Waals surface area (Å²) in [4.78, 5) is 0. The molecule has 4 unspecified atom stereocenters. The lowest BCUT2D eigenvalue weighted by Gasteiger charge is -2.47. The summed E-state index contributed by atoms with van der Waals surface area (Å²) in [5.74, 6) is 4.95.